The molecule has 7 heteroatoms. The van der Waals surface area contributed by atoms with E-state index in [-0.39, 0.29) is 5.56 Å². The van der Waals surface area contributed by atoms with E-state index in [0.29, 0.717) is 4.80 Å². The van der Waals surface area contributed by atoms with Gasteiger partial charge in [0.25, 0.3) is 5.91 Å². The number of hydrogen-bond acceptors (Lipinski definition) is 2. The van der Waals surface area contributed by atoms with Crippen LogP contribution in [-0.4, -0.2) is 10.5 Å². The summed E-state index contributed by atoms with van der Waals surface area (Å²) in [4.78, 5) is 16.1. The van der Waals surface area contributed by atoms with E-state index in [1.54, 1.807) is 23.2 Å². The van der Waals surface area contributed by atoms with Crippen LogP contribution in [-0.2, 0) is 13.2 Å². The van der Waals surface area contributed by atoms with Crippen molar-refractivity contribution in [3.63, 3.8) is 0 Å². The Bertz CT molecular complexity index is 653. The molecule has 19 heavy (non-hydrogen) atoms. The predicted molar refractivity (Wildman–Crippen MR) is 64.6 cm³/mol. The van der Waals surface area contributed by atoms with Crippen LogP contribution in [0.5, 0.6) is 0 Å². The first kappa shape index (κ1) is 13.5. The lowest BCUT2D eigenvalue weighted by molar-refractivity contribution is -0.137. The van der Waals surface area contributed by atoms with E-state index < -0.39 is 17.6 Å². The van der Waals surface area contributed by atoms with Crippen LogP contribution in [0, 0.1) is 0 Å². The molecular formula is C12H9F3N2OS. The zero-order valence-corrected chi connectivity index (χ0v) is 10.6. The van der Waals surface area contributed by atoms with E-state index in [1.807, 2.05) is 0 Å². The van der Waals surface area contributed by atoms with Crippen molar-refractivity contribution in [2.45, 2.75) is 6.18 Å². The Labute approximate surface area is 110 Å². The first-order valence-corrected chi connectivity index (χ1v) is 6.12. The molecule has 2 aromatic rings. The average Bonchev–Trinajstić information content (AvgIpc) is 2.74. The number of hydrogen-bond donors (Lipinski definition) is 0. The molecule has 0 saturated carbocycles. The number of alkyl halides is 3. The summed E-state index contributed by atoms with van der Waals surface area (Å²) in [7, 11) is 1.73. The number of carbonyl (C=O) groups is 1. The van der Waals surface area contributed by atoms with Crippen molar-refractivity contribution < 1.29 is 18.0 Å². The van der Waals surface area contributed by atoms with Crippen molar-refractivity contribution in [1.82, 2.24) is 4.57 Å². The summed E-state index contributed by atoms with van der Waals surface area (Å²) >= 11 is 1.28. The van der Waals surface area contributed by atoms with Crippen LogP contribution in [0.2, 0.25) is 0 Å². The minimum Gasteiger partial charge on any atom is -0.327 e. The van der Waals surface area contributed by atoms with Gasteiger partial charge in [0.2, 0.25) is 0 Å². The van der Waals surface area contributed by atoms with E-state index >= 15 is 0 Å². The molecule has 1 amide bonds. The molecule has 0 unspecified atom stereocenters. The molecule has 100 valence electrons. The highest BCUT2D eigenvalue weighted by atomic mass is 32.1. The van der Waals surface area contributed by atoms with E-state index in [2.05, 4.69) is 4.99 Å². The Balaban J connectivity index is 2.29. The van der Waals surface area contributed by atoms with Gasteiger partial charge >= 0.3 is 6.18 Å². The molecule has 2 rings (SSSR count). The molecule has 1 heterocycles. The molecule has 0 N–H and O–H groups in total. The number of carbonyl (C=O) groups excluding carboxylic acids is 1. The maximum absolute atomic E-state index is 12.4. The van der Waals surface area contributed by atoms with Gasteiger partial charge in [-0.1, -0.05) is 0 Å². The topological polar surface area (TPSA) is 34.4 Å². The second-order valence-electron chi connectivity index (χ2n) is 3.79. The number of amides is 1. The predicted octanol–water partition coefficient (Wildman–Crippen LogP) is 2.85. The Hall–Kier alpha value is -1.89. The molecule has 0 radical (unpaired) electrons. The molecule has 0 atom stereocenters. The summed E-state index contributed by atoms with van der Waals surface area (Å²) < 4.78 is 38.8. The van der Waals surface area contributed by atoms with Crippen LogP contribution in [0.1, 0.15) is 15.9 Å². The molecule has 0 bridgehead atoms. The van der Waals surface area contributed by atoms with Gasteiger partial charge in [-0.3, -0.25) is 4.79 Å². The van der Waals surface area contributed by atoms with Crippen molar-refractivity contribution in [2.75, 3.05) is 0 Å². The Morgan fingerprint density at radius 2 is 1.89 bits per heavy atom. The van der Waals surface area contributed by atoms with Crippen molar-refractivity contribution in [3.8, 4) is 0 Å². The minimum atomic E-state index is -4.40. The van der Waals surface area contributed by atoms with E-state index in [0.717, 1.165) is 24.3 Å². The monoisotopic (exact) mass is 286 g/mol. The highest BCUT2D eigenvalue weighted by Gasteiger charge is 2.30. The number of thiazole rings is 1. The molecule has 0 aliphatic heterocycles. The zero-order valence-electron chi connectivity index (χ0n) is 9.81. The third kappa shape index (κ3) is 3.11. The van der Waals surface area contributed by atoms with Gasteiger partial charge in [-0.25, -0.2) is 0 Å². The lowest BCUT2D eigenvalue weighted by Crippen LogP contribution is -2.12. The van der Waals surface area contributed by atoms with Crippen LogP contribution in [0.3, 0.4) is 0 Å². The van der Waals surface area contributed by atoms with Crippen LogP contribution >= 0.6 is 11.3 Å². The van der Waals surface area contributed by atoms with Gasteiger partial charge in [0, 0.05) is 24.2 Å². The highest BCUT2D eigenvalue weighted by Crippen LogP contribution is 2.29. The number of aryl methyl sites for hydroxylation is 1. The van der Waals surface area contributed by atoms with Crippen molar-refractivity contribution in [1.29, 1.82) is 0 Å². The second-order valence-corrected chi connectivity index (χ2v) is 4.66. The normalized spacial score (nSPS) is 12.7. The molecule has 0 saturated heterocycles. The van der Waals surface area contributed by atoms with Crippen molar-refractivity contribution in [3.05, 3.63) is 51.8 Å². The van der Waals surface area contributed by atoms with Crippen molar-refractivity contribution in [2.24, 2.45) is 12.0 Å². The molecule has 3 nitrogen and oxygen atoms in total. The highest BCUT2D eigenvalue weighted by molar-refractivity contribution is 7.07. The molecule has 0 spiro atoms. The maximum atomic E-state index is 12.4. The van der Waals surface area contributed by atoms with Gasteiger partial charge < -0.3 is 4.57 Å². The summed E-state index contributed by atoms with van der Waals surface area (Å²) in [6.07, 6.45) is -2.66. The molecule has 0 aliphatic rings. The molecule has 1 aromatic heterocycles. The van der Waals surface area contributed by atoms with E-state index in [1.165, 1.54) is 11.3 Å². The summed E-state index contributed by atoms with van der Waals surface area (Å²) in [5, 5.41) is 1.76. The third-order valence-corrected chi connectivity index (χ3v) is 3.26. The first-order valence-electron chi connectivity index (χ1n) is 5.24. The molecule has 1 aromatic carbocycles. The van der Waals surface area contributed by atoms with Crippen LogP contribution < -0.4 is 4.80 Å². The summed E-state index contributed by atoms with van der Waals surface area (Å²) in [6.45, 7) is 0. The fraction of sp³-hybridized carbons (Fsp3) is 0.167. The second kappa shape index (κ2) is 5.00. The summed E-state index contributed by atoms with van der Waals surface area (Å²) in [5.74, 6) is -0.563. The Kier molecular flexibility index (Phi) is 3.57. The number of rotatable bonds is 1. The molecule has 0 aliphatic carbocycles. The standard InChI is InChI=1S/C12H9F3N2OS/c1-17-6-7-19-11(17)16-10(18)8-2-4-9(5-3-8)12(13,14)15/h2-7H,1H3. The first-order chi connectivity index (χ1) is 8.88. The Morgan fingerprint density at radius 3 is 2.37 bits per heavy atom. The van der Waals surface area contributed by atoms with Gasteiger partial charge in [0.05, 0.1) is 5.56 Å². The quantitative estimate of drug-likeness (QED) is 0.793. The maximum Gasteiger partial charge on any atom is 0.416 e. The van der Waals surface area contributed by atoms with Gasteiger partial charge in [-0.2, -0.15) is 18.2 Å². The lowest BCUT2D eigenvalue weighted by atomic mass is 10.1. The lowest BCUT2D eigenvalue weighted by Gasteiger charge is -2.05. The SMILES string of the molecule is Cn1ccsc1=NC(=O)c1ccc(C(F)(F)F)cc1. The fourth-order valence-corrected chi connectivity index (χ4v) is 2.12. The van der Waals surface area contributed by atoms with Crippen LogP contribution in [0.25, 0.3) is 0 Å². The van der Waals surface area contributed by atoms with Crippen LogP contribution in [0.4, 0.5) is 13.2 Å². The van der Waals surface area contributed by atoms with Gasteiger partial charge in [-0.15, -0.1) is 11.3 Å². The number of benzene rings is 1. The Morgan fingerprint density at radius 1 is 1.26 bits per heavy atom. The van der Waals surface area contributed by atoms with Gasteiger partial charge in [-0.05, 0) is 24.3 Å². The average molecular weight is 286 g/mol. The van der Waals surface area contributed by atoms with Gasteiger partial charge in [0.1, 0.15) is 0 Å². The van der Waals surface area contributed by atoms with E-state index in [4.69, 9.17) is 0 Å². The molecule has 0 fully saturated rings. The third-order valence-electron chi connectivity index (χ3n) is 2.42. The molecular weight excluding hydrogens is 277 g/mol. The number of nitrogens with zero attached hydrogens (tertiary/aromatic N) is 2. The van der Waals surface area contributed by atoms with Gasteiger partial charge in [0.15, 0.2) is 4.80 Å². The fourth-order valence-electron chi connectivity index (χ4n) is 1.39. The smallest absolute Gasteiger partial charge is 0.327 e. The van der Waals surface area contributed by atoms with Crippen LogP contribution in [0.15, 0.2) is 40.8 Å². The summed E-state index contributed by atoms with van der Waals surface area (Å²) in [6, 6.07) is 4.00. The number of aromatic nitrogens is 1. The minimum absolute atomic E-state index is 0.126. The largest absolute Gasteiger partial charge is 0.416 e. The number of halogens is 3. The van der Waals surface area contributed by atoms with Crippen molar-refractivity contribution >= 4 is 17.2 Å². The summed E-state index contributed by atoms with van der Waals surface area (Å²) in [5.41, 5.74) is -0.660. The van der Waals surface area contributed by atoms with E-state index in [9.17, 15) is 18.0 Å². The zero-order chi connectivity index (χ0) is 14.0.